The summed E-state index contributed by atoms with van der Waals surface area (Å²) in [5.74, 6) is 0.898. The molecule has 0 radical (unpaired) electrons. The molecule has 2 aliphatic rings. The summed E-state index contributed by atoms with van der Waals surface area (Å²) >= 11 is 0. The van der Waals surface area contributed by atoms with E-state index in [0.29, 0.717) is 28.6 Å². The van der Waals surface area contributed by atoms with Crippen LogP contribution in [-0.4, -0.2) is 45.2 Å². The third-order valence-corrected chi connectivity index (χ3v) is 4.71. The fraction of sp³-hybridized carbons (Fsp3) is 0.263. The Balaban J connectivity index is 1.68. The van der Waals surface area contributed by atoms with Gasteiger partial charge < -0.3 is 14.2 Å². The molecule has 28 heavy (non-hydrogen) atoms. The van der Waals surface area contributed by atoms with Crippen LogP contribution >= 0.6 is 0 Å². The predicted molar refractivity (Wildman–Crippen MR) is 99.9 cm³/mol. The minimum Gasteiger partial charge on any atom is -0.497 e. The quantitative estimate of drug-likeness (QED) is 0.736. The molecular weight excluding hydrogens is 364 g/mol. The van der Waals surface area contributed by atoms with Crippen LogP contribution in [0.1, 0.15) is 0 Å². The van der Waals surface area contributed by atoms with Gasteiger partial charge >= 0.3 is 0 Å². The monoisotopic (exact) mass is 382 g/mol. The first-order valence-electron chi connectivity index (χ1n) is 8.52. The topological polar surface area (TPSA) is 93.0 Å². The zero-order valence-electron chi connectivity index (χ0n) is 15.5. The van der Waals surface area contributed by atoms with E-state index in [2.05, 4.69) is 10.3 Å². The summed E-state index contributed by atoms with van der Waals surface area (Å²) in [6.45, 7) is 0. The highest BCUT2D eigenvalue weighted by Crippen LogP contribution is 2.37. The highest BCUT2D eigenvalue weighted by molar-refractivity contribution is 6.26. The second-order valence-electron chi connectivity index (χ2n) is 6.22. The molecule has 2 aromatic carbocycles. The first-order valence-corrected chi connectivity index (χ1v) is 8.52. The van der Waals surface area contributed by atoms with E-state index in [1.807, 2.05) is 0 Å². The molecule has 0 unspecified atom stereocenters. The molecule has 1 fully saturated rings. The number of hydrogen-bond acceptors (Lipinski definition) is 8. The Morgan fingerprint density at radius 3 is 1.96 bits per heavy atom. The van der Waals surface area contributed by atoms with Crippen LogP contribution in [-0.2, 0) is 9.59 Å². The number of methoxy groups -OCH3 is 3. The van der Waals surface area contributed by atoms with Gasteiger partial charge in [-0.3, -0.25) is 9.59 Å². The van der Waals surface area contributed by atoms with Crippen molar-refractivity contribution in [3.8, 4) is 17.2 Å². The maximum atomic E-state index is 13.1. The standard InChI is InChI=1S/C19H18N4O5/c1-26-13-6-4-11(5-7-13)22-18(24)16-17(19(22)25)23(21-20-16)12-8-14(27-2)10-15(9-12)28-3/h4-10,16-17H,1-3H3/t16-,17+/m0/s1. The number of ether oxygens (including phenoxy) is 3. The van der Waals surface area contributed by atoms with Crippen LogP contribution in [0.4, 0.5) is 11.4 Å². The number of benzene rings is 2. The van der Waals surface area contributed by atoms with E-state index in [-0.39, 0.29) is 0 Å². The van der Waals surface area contributed by atoms with Gasteiger partial charge in [-0.05, 0) is 24.3 Å². The maximum absolute atomic E-state index is 13.1. The molecule has 2 atom stereocenters. The first-order chi connectivity index (χ1) is 13.6. The number of hydrogen-bond donors (Lipinski definition) is 0. The number of fused-ring (bicyclic) bond motifs is 1. The van der Waals surface area contributed by atoms with Gasteiger partial charge in [0.1, 0.15) is 17.2 Å². The van der Waals surface area contributed by atoms with E-state index < -0.39 is 23.9 Å². The van der Waals surface area contributed by atoms with Crippen molar-refractivity contribution in [2.24, 2.45) is 10.3 Å². The molecule has 0 N–H and O–H groups in total. The van der Waals surface area contributed by atoms with Crippen LogP contribution < -0.4 is 24.1 Å². The molecule has 0 aromatic heterocycles. The van der Waals surface area contributed by atoms with E-state index in [9.17, 15) is 9.59 Å². The van der Waals surface area contributed by atoms with Gasteiger partial charge in [0.15, 0.2) is 12.1 Å². The van der Waals surface area contributed by atoms with Crippen molar-refractivity contribution in [3.63, 3.8) is 0 Å². The predicted octanol–water partition coefficient (Wildman–Crippen LogP) is 2.21. The van der Waals surface area contributed by atoms with E-state index in [1.54, 1.807) is 49.6 Å². The molecule has 9 heteroatoms. The fourth-order valence-corrected chi connectivity index (χ4v) is 3.28. The third-order valence-electron chi connectivity index (χ3n) is 4.71. The SMILES string of the molecule is COc1ccc(N2C(=O)[C@H]3N=NN(c4cc(OC)cc(OC)c4)[C@H]3C2=O)cc1. The lowest BCUT2D eigenvalue weighted by Gasteiger charge is -2.21. The Hall–Kier alpha value is -3.62. The van der Waals surface area contributed by atoms with Gasteiger partial charge in [-0.15, -0.1) is 0 Å². The average Bonchev–Trinajstić information content (AvgIpc) is 3.28. The van der Waals surface area contributed by atoms with Crippen molar-refractivity contribution < 1.29 is 23.8 Å². The highest BCUT2D eigenvalue weighted by atomic mass is 16.5. The van der Waals surface area contributed by atoms with Gasteiger partial charge in [0.25, 0.3) is 11.8 Å². The molecule has 2 heterocycles. The summed E-state index contributed by atoms with van der Waals surface area (Å²) in [4.78, 5) is 27.1. The zero-order valence-corrected chi connectivity index (χ0v) is 15.5. The molecule has 0 aliphatic carbocycles. The minimum atomic E-state index is -0.896. The van der Waals surface area contributed by atoms with E-state index in [4.69, 9.17) is 14.2 Å². The summed E-state index contributed by atoms with van der Waals surface area (Å²) in [5, 5.41) is 9.53. The maximum Gasteiger partial charge on any atom is 0.263 e. The molecule has 1 saturated heterocycles. The Kier molecular flexibility index (Phi) is 4.34. The average molecular weight is 382 g/mol. The first kappa shape index (κ1) is 17.8. The van der Waals surface area contributed by atoms with E-state index >= 15 is 0 Å². The van der Waals surface area contributed by atoms with Crippen LogP contribution in [0.25, 0.3) is 0 Å². The van der Waals surface area contributed by atoms with Crippen molar-refractivity contribution in [2.45, 2.75) is 12.1 Å². The van der Waals surface area contributed by atoms with Crippen molar-refractivity contribution in [1.29, 1.82) is 0 Å². The molecule has 4 rings (SSSR count). The van der Waals surface area contributed by atoms with Gasteiger partial charge in [-0.2, -0.15) is 5.11 Å². The summed E-state index contributed by atoms with van der Waals surface area (Å²) in [5.41, 5.74) is 1.01. The Bertz CT molecular complexity index is 937. The molecule has 9 nitrogen and oxygen atoms in total. The number of nitrogens with zero attached hydrogens (tertiary/aromatic N) is 4. The summed E-state index contributed by atoms with van der Waals surface area (Å²) in [7, 11) is 4.61. The van der Waals surface area contributed by atoms with Crippen LogP contribution in [0.2, 0.25) is 0 Å². The summed E-state index contributed by atoms with van der Waals surface area (Å²) < 4.78 is 15.7. The smallest absolute Gasteiger partial charge is 0.263 e. The second-order valence-corrected chi connectivity index (χ2v) is 6.22. The molecule has 2 amide bonds. The highest BCUT2D eigenvalue weighted by Gasteiger charge is 2.55. The molecule has 0 saturated carbocycles. The van der Waals surface area contributed by atoms with Crippen LogP contribution in [0, 0.1) is 0 Å². The van der Waals surface area contributed by atoms with Gasteiger partial charge in [0.2, 0.25) is 0 Å². The molecule has 2 aliphatic heterocycles. The summed E-state index contributed by atoms with van der Waals surface area (Å²) in [6.07, 6.45) is 0. The second kappa shape index (κ2) is 6.84. The van der Waals surface area contributed by atoms with Gasteiger partial charge in [-0.25, -0.2) is 9.91 Å². The minimum absolute atomic E-state index is 0.396. The summed E-state index contributed by atoms with van der Waals surface area (Å²) in [6, 6.07) is 10.1. The van der Waals surface area contributed by atoms with Crippen LogP contribution in [0.5, 0.6) is 17.2 Å². The number of carbonyl (C=O) groups excluding carboxylic acids is 2. The lowest BCUT2D eigenvalue weighted by molar-refractivity contribution is -0.121. The Morgan fingerprint density at radius 1 is 0.786 bits per heavy atom. The number of imide groups is 1. The van der Waals surface area contributed by atoms with Gasteiger partial charge in [-0.1, -0.05) is 5.22 Å². The molecule has 0 spiro atoms. The third kappa shape index (κ3) is 2.72. The molecule has 0 bridgehead atoms. The lowest BCUT2D eigenvalue weighted by atomic mass is 10.1. The van der Waals surface area contributed by atoms with Crippen molar-refractivity contribution in [1.82, 2.24) is 0 Å². The molecule has 144 valence electrons. The number of amides is 2. The van der Waals surface area contributed by atoms with E-state index in [0.717, 1.165) is 4.90 Å². The Morgan fingerprint density at radius 2 is 1.39 bits per heavy atom. The normalized spacial score (nSPS) is 20.5. The molecule has 2 aromatic rings. The fourth-order valence-electron chi connectivity index (χ4n) is 3.28. The van der Waals surface area contributed by atoms with Crippen LogP contribution in [0.15, 0.2) is 52.8 Å². The number of carbonyl (C=O) groups is 2. The van der Waals surface area contributed by atoms with Crippen molar-refractivity contribution in [3.05, 3.63) is 42.5 Å². The van der Waals surface area contributed by atoms with E-state index in [1.165, 1.54) is 19.2 Å². The molecular formula is C19H18N4O5. The lowest BCUT2D eigenvalue weighted by Crippen LogP contribution is -2.39. The number of anilines is 2. The Labute approximate surface area is 161 Å². The number of rotatable bonds is 5. The van der Waals surface area contributed by atoms with Crippen molar-refractivity contribution in [2.75, 3.05) is 31.2 Å². The van der Waals surface area contributed by atoms with Gasteiger partial charge in [0, 0.05) is 18.2 Å². The van der Waals surface area contributed by atoms with Gasteiger partial charge in [0.05, 0.1) is 32.7 Å². The largest absolute Gasteiger partial charge is 0.497 e. The zero-order chi connectivity index (χ0) is 19.8. The van der Waals surface area contributed by atoms with Crippen molar-refractivity contribution >= 4 is 23.2 Å². The van der Waals surface area contributed by atoms with Crippen LogP contribution in [0.3, 0.4) is 0 Å².